The molecule has 0 spiro atoms. The van der Waals surface area contributed by atoms with E-state index in [9.17, 15) is 8.78 Å². The van der Waals surface area contributed by atoms with E-state index in [4.69, 9.17) is 0 Å². The normalized spacial score (nSPS) is 13.2. The van der Waals surface area contributed by atoms with E-state index in [1.165, 1.54) is 12.1 Å². The zero-order valence-corrected chi connectivity index (χ0v) is 12.7. The van der Waals surface area contributed by atoms with E-state index >= 15 is 0 Å². The van der Waals surface area contributed by atoms with Gasteiger partial charge < -0.3 is 5.32 Å². The Bertz CT molecular complexity index is 557. The summed E-state index contributed by atoms with van der Waals surface area (Å²) in [5.74, 6) is -2.88. The molecule has 106 valence electrons. The average Bonchev–Trinajstić information content (AvgIpc) is 2.46. The first-order valence-corrected chi connectivity index (χ1v) is 7.21. The molecular weight excluding hydrogens is 324 g/mol. The third-order valence-electron chi connectivity index (χ3n) is 3.20. The van der Waals surface area contributed by atoms with E-state index in [-0.39, 0.29) is 18.2 Å². The summed E-state index contributed by atoms with van der Waals surface area (Å²) in [4.78, 5) is 0. The van der Waals surface area contributed by atoms with Crippen LogP contribution in [-0.2, 0) is 5.92 Å². The van der Waals surface area contributed by atoms with Crippen molar-refractivity contribution in [3.05, 3.63) is 70.2 Å². The second-order valence-electron chi connectivity index (χ2n) is 4.69. The van der Waals surface area contributed by atoms with Gasteiger partial charge in [0, 0.05) is 16.1 Å². The van der Waals surface area contributed by atoms with Crippen LogP contribution in [0.4, 0.5) is 8.78 Å². The van der Waals surface area contributed by atoms with Gasteiger partial charge in [0.2, 0.25) is 0 Å². The van der Waals surface area contributed by atoms with Crippen molar-refractivity contribution in [1.29, 1.82) is 0 Å². The summed E-state index contributed by atoms with van der Waals surface area (Å²) in [6, 6.07) is 15.4. The minimum atomic E-state index is -2.88. The van der Waals surface area contributed by atoms with Crippen LogP contribution in [0.15, 0.2) is 59.1 Å². The lowest BCUT2D eigenvalue weighted by Crippen LogP contribution is -2.32. The van der Waals surface area contributed by atoms with Crippen LogP contribution in [0.5, 0.6) is 0 Å². The fraction of sp³-hybridized carbons (Fsp3) is 0.250. The monoisotopic (exact) mass is 339 g/mol. The molecule has 1 N–H and O–H groups in total. The van der Waals surface area contributed by atoms with Crippen molar-refractivity contribution >= 4 is 15.9 Å². The Morgan fingerprint density at radius 1 is 1.05 bits per heavy atom. The Kier molecular flexibility index (Phi) is 4.89. The highest BCUT2D eigenvalue weighted by molar-refractivity contribution is 9.10. The van der Waals surface area contributed by atoms with Crippen molar-refractivity contribution in [1.82, 2.24) is 5.32 Å². The minimum Gasteiger partial charge on any atom is -0.304 e. The van der Waals surface area contributed by atoms with Gasteiger partial charge in [0.25, 0.3) is 5.92 Å². The molecule has 0 amide bonds. The molecule has 0 aliphatic carbocycles. The van der Waals surface area contributed by atoms with Crippen LogP contribution in [0.25, 0.3) is 0 Å². The molecular formula is C16H16BrF2N. The Morgan fingerprint density at radius 2 is 1.65 bits per heavy atom. The number of alkyl halides is 2. The minimum absolute atomic E-state index is 0.0341. The predicted octanol–water partition coefficient (Wildman–Crippen LogP) is 4.89. The third-order valence-corrected chi connectivity index (χ3v) is 3.92. The lowest BCUT2D eigenvalue weighted by molar-refractivity contribution is -0.00535. The smallest absolute Gasteiger partial charge is 0.285 e. The van der Waals surface area contributed by atoms with Crippen molar-refractivity contribution in [2.45, 2.75) is 18.9 Å². The molecule has 0 saturated carbocycles. The molecule has 0 unspecified atom stereocenters. The van der Waals surface area contributed by atoms with Crippen LogP contribution in [0.3, 0.4) is 0 Å². The molecule has 0 saturated heterocycles. The lowest BCUT2D eigenvalue weighted by atomic mass is 10.1. The van der Waals surface area contributed by atoms with Crippen molar-refractivity contribution < 1.29 is 8.78 Å². The molecule has 20 heavy (non-hydrogen) atoms. The van der Waals surface area contributed by atoms with Crippen LogP contribution in [-0.4, -0.2) is 6.54 Å². The van der Waals surface area contributed by atoms with Gasteiger partial charge in [-0.15, -0.1) is 0 Å². The number of benzene rings is 2. The largest absolute Gasteiger partial charge is 0.304 e. The zero-order chi connectivity index (χ0) is 14.6. The summed E-state index contributed by atoms with van der Waals surface area (Å²) in [5.41, 5.74) is 1.00. The van der Waals surface area contributed by atoms with Crippen LogP contribution in [0.1, 0.15) is 24.1 Å². The molecule has 2 aromatic rings. The number of rotatable bonds is 5. The molecule has 0 heterocycles. The molecule has 0 aliphatic heterocycles. The lowest BCUT2D eigenvalue weighted by Gasteiger charge is -2.21. The number of hydrogen-bond donors (Lipinski definition) is 1. The van der Waals surface area contributed by atoms with Crippen LogP contribution < -0.4 is 5.32 Å². The fourth-order valence-corrected chi connectivity index (χ4v) is 2.63. The standard InChI is InChI=1S/C16H16BrF2N/c1-12(14-9-5-6-10-15(14)17)20-11-16(18,19)13-7-3-2-4-8-13/h2-10,12,20H,11H2,1H3/t12-/m0/s1. The molecule has 0 bridgehead atoms. The van der Waals surface area contributed by atoms with Crippen molar-refractivity contribution in [2.24, 2.45) is 0 Å². The van der Waals surface area contributed by atoms with Gasteiger partial charge >= 0.3 is 0 Å². The molecule has 0 aromatic heterocycles. The second-order valence-corrected chi connectivity index (χ2v) is 5.55. The van der Waals surface area contributed by atoms with Gasteiger partial charge in [0.1, 0.15) is 0 Å². The Morgan fingerprint density at radius 3 is 2.30 bits per heavy atom. The summed E-state index contributed by atoms with van der Waals surface area (Å²) in [6.45, 7) is 1.49. The SMILES string of the molecule is C[C@H](NCC(F)(F)c1ccccc1)c1ccccc1Br. The number of nitrogens with one attached hydrogen (secondary N) is 1. The molecule has 2 rings (SSSR count). The maximum Gasteiger partial charge on any atom is 0.285 e. The van der Waals surface area contributed by atoms with E-state index in [1.807, 2.05) is 31.2 Å². The summed E-state index contributed by atoms with van der Waals surface area (Å²) in [7, 11) is 0. The highest BCUT2D eigenvalue weighted by Crippen LogP contribution is 2.29. The number of halogens is 3. The van der Waals surface area contributed by atoms with Crippen LogP contribution in [0.2, 0.25) is 0 Å². The summed E-state index contributed by atoms with van der Waals surface area (Å²) in [6.07, 6.45) is 0. The predicted molar refractivity (Wildman–Crippen MR) is 80.9 cm³/mol. The van der Waals surface area contributed by atoms with E-state index < -0.39 is 5.92 Å². The first-order valence-electron chi connectivity index (χ1n) is 6.42. The molecule has 2 aromatic carbocycles. The molecule has 0 fully saturated rings. The molecule has 1 nitrogen and oxygen atoms in total. The first kappa shape index (κ1) is 15.1. The van der Waals surface area contributed by atoms with Gasteiger partial charge in [0.15, 0.2) is 0 Å². The maximum atomic E-state index is 14.1. The van der Waals surface area contributed by atoms with Crippen molar-refractivity contribution in [2.75, 3.05) is 6.54 Å². The Balaban J connectivity index is 2.03. The highest BCUT2D eigenvalue weighted by Gasteiger charge is 2.31. The van der Waals surface area contributed by atoms with Gasteiger partial charge in [-0.2, -0.15) is 8.78 Å². The quantitative estimate of drug-likeness (QED) is 0.817. The average molecular weight is 340 g/mol. The zero-order valence-electron chi connectivity index (χ0n) is 11.1. The molecule has 0 radical (unpaired) electrons. The fourth-order valence-electron chi connectivity index (χ4n) is 2.00. The van der Waals surface area contributed by atoms with Crippen LogP contribution >= 0.6 is 15.9 Å². The maximum absolute atomic E-state index is 14.1. The Hall–Kier alpha value is -1.26. The second kappa shape index (κ2) is 6.46. The topological polar surface area (TPSA) is 12.0 Å². The van der Waals surface area contributed by atoms with E-state index in [1.54, 1.807) is 18.2 Å². The molecule has 0 aliphatic rings. The third kappa shape index (κ3) is 3.64. The van der Waals surface area contributed by atoms with Crippen molar-refractivity contribution in [3.8, 4) is 0 Å². The Labute approximate surface area is 126 Å². The van der Waals surface area contributed by atoms with Gasteiger partial charge in [-0.05, 0) is 18.6 Å². The summed E-state index contributed by atoms with van der Waals surface area (Å²) in [5, 5.41) is 2.90. The van der Waals surface area contributed by atoms with E-state index in [0.717, 1.165) is 10.0 Å². The van der Waals surface area contributed by atoms with Gasteiger partial charge in [-0.25, -0.2) is 0 Å². The summed E-state index contributed by atoms with van der Waals surface area (Å²) < 4.78 is 29.0. The molecule has 1 atom stereocenters. The van der Waals surface area contributed by atoms with E-state index in [2.05, 4.69) is 21.2 Å². The highest BCUT2D eigenvalue weighted by atomic mass is 79.9. The number of hydrogen-bond acceptors (Lipinski definition) is 1. The van der Waals surface area contributed by atoms with Gasteiger partial charge in [-0.1, -0.05) is 64.5 Å². The molecule has 4 heteroatoms. The van der Waals surface area contributed by atoms with E-state index in [0.29, 0.717) is 0 Å². The van der Waals surface area contributed by atoms with Crippen molar-refractivity contribution in [3.63, 3.8) is 0 Å². The first-order chi connectivity index (χ1) is 9.50. The summed E-state index contributed by atoms with van der Waals surface area (Å²) >= 11 is 3.43. The van der Waals surface area contributed by atoms with Crippen LogP contribution in [0, 0.1) is 0 Å². The van der Waals surface area contributed by atoms with Gasteiger partial charge in [0.05, 0.1) is 6.54 Å². The van der Waals surface area contributed by atoms with Gasteiger partial charge in [-0.3, -0.25) is 0 Å².